The number of morpholine rings is 1. The summed E-state index contributed by atoms with van der Waals surface area (Å²) in [6, 6.07) is 7.87. The van der Waals surface area contributed by atoms with E-state index >= 15 is 0 Å². The van der Waals surface area contributed by atoms with Gasteiger partial charge in [-0.1, -0.05) is 25.1 Å². The van der Waals surface area contributed by atoms with Crippen molar-refractivity contribution in [2.24, 2.45) is 5.84 Å². The second-order valence-corrected chi connectivity index (χ2v) is 5.10. The zero-order valence-corrected chi connectivity index (χ0v) is 12.3. The summed E-state index contributed by atoms with van der Waals surface area (Å²) in [5.41, 5.74) is 3.94. The largest absolute Gasteiger partial charge is 0.496 e. The van der Waals surface area contributed by atoms with Crippen LogP contribution in [0.25, 0.3) is 0 Å². The van der Waals surface area contributed by atoms with E-state index in [0.717, 1.165) is 44.0 Å². The molecule has 3 N–H and O–H groups in total. The number of methoxy groups -OCH3 is 1. The molecule has 2 unspecified atom stereocenters. The van der Waals surface area contributed by atoms with Gasteiger partial charge in [0.1, 0.15) is 5.75 Å². The molecule has 20 heavy (non-hydrogen) atoms. The van der Waals surface area contributed by atoms with Gasteiger partial charge in [0.15, 0.2) is 0 Å². The Hall–Kier alpha value is -1.14. The van der Waals surface area contributed by atoms with E-state index < -0.39 is 0 Å². The number of hydrogen-bond donors (Lipinski definition) is 2. The van der Waals surface area contributed by atoms with Crippen LogP contribution in [-0.4, -0.2) is 44.4 Å². The van der Waals surface area contributed by atoms with Gasteiger partial charge in [0, 0.05) is 18.7 Å². The van der Waals surface area contributed by atoms with Crippen molar-refractivity contribution in [3.63, 3.8) is 0 Å². The molecule has 1 saturated heterocycles. The highest BCUT2D eigenvalue weighted by molar-refractivity contribution is 5.36. The maximum absolute atomic E-state index is 5.92. The predicted molar refractivity (Wildman–Crippen MR) is 79.5 cm³/mol. The molecule has 112 valence electrons. The molecule has 1 heterocycles. The van der Waals surface area contributed by atoms with Crippen LogP contribution in [0.1, 0.15) is 24.9 Å². The Labute approximate surface area is 121 Å². The average molecular weight is 279 g/mol. The minimum atomic E-state index is -0.0641. The molecule has 2 atom stereocenters. The lowest BCUT2D eigenvalue weighted by Crippen LogP contribution is -2.49. The minimum Gasteiger partial charge on any atom is -0.496 e. The van der Waals surface area contributed by atoms with Gasteiger partial charge in [0.05, 0.1) is 25.9 Å². The van der Waals surface area contributed by atoms with E-state index in [0.29, 0.717) is 0 Å². The van der Waals surface area contributed by atoms with Crippen LogP contribution < -0.4 is 16.0 Å². The molecule has 0 radical (unpaired) electrons. The van der Waals surface area contributed by atoms with Gasteiger partial charge in [0.2, 0.25) is 0 Å². The molecule has 0 saturated carbocycles. The normalized spacial score (nSPS) is 21.6. The molecule has 2 rings (SSSR count). The van der Waals surface area contributed by atoms with E-state index in [-0.39, 0.29) is 12.1 Å². The smallest absolute Gasteiger partial charge is 0.123 e. The number of rotatable bonds is 6. The quantitative estimate of drug-likeness (QED) is 0.607. The Balaban J connectivity index is 2.14. The summed E-state index contributed by atoms with van der Waals surface area (Å²) in [6.45, 7) is 5.93. The number of nitrogens with one attached hydrogen (secondary N) is 1. The van der Waals surface area contributed by atoms with Crippen LogP contribution in [0.3, 0.4) is 0 Å². The molecule has 1 aliphatic heterocycles. The van der Waals surface area contributed by atoms with E-state index in [1.165, 1.54) is 0 Å². The monoisotopic (exact) mass is 279 g/mol. The Kier molecular flexibility index (Phi) is 5.79. The first-order valence-electron chi connectivity index (χ1n) is 7.23. The van der Waals surface area contributed by atoms with Crippen molar-refractivity contribution in [2.45, 2.75) is 25.5 Å². The fraction of sp³-hybridized carbons (Fsp3) is 0.600. The zero-order valence-electron chi connectivity index (χ0n) is 12.3. The molecule has 1 aliphatic rings. The Morgan fingerprint density at radius 3 is 3.00 bits per heavy atom. The molecule has 1 fully saturated rings. The maximum atomic E-state index is 5.92. The topological polar surface area (TPSA) is 59.8 Å². The van der Waals surface area contributed by atoms with Gasteiger partial charge in [-0.25, -0.2) is 0 Å². The van der Waals surface area contributed by atoms with Gasteiger partial charge in [-0.15, -0.1) is 0 Å². The van der Waals surface area contributed by atoms with E-state index in [1.54, 1.807) is 7.11 Å². The fourth-order valence-corrected chi connectivity index (χ4v) is 2.77. The van der Waals surface area contributed by atoms with Gasteiger partial charge in [-0.2, -0.15) is 0 Å². The molecule has 5 nitrogen and oxygen atoms in total. The number of hydrogen-bond acceptors (Lipinski definition) is 5. The van der Waals surface area contributed by atoms with Gasteiger partial charge in [0.25, 0.3) is 0 Å². The first kappa shape index (κ1) is 15.3. The highest BCUT2D eigenvalue weighted by Crippen LogP contribution is 2.29. The summed E-state index contributed by atoms with van der Waals surface area (Å²) < 4.78 is 11.4. The van der Waals surface area contributed by atoms with Crippen molar-refractivity contribution >= 4 is 0 Å². The Bertz CT molecular complexity index is 412. The third-order valence-electron chi connectivity index (χ3n) is 3.74. The average Bonchev–Trinajstić information content (AvgIpc) is 2.49. The Morgan fingerprint density at radius 2 is 2.30 bits per heavy atom. The predicted octanol–water partition coefficient (Wildman–Crippen LogP) is 1.31. The molecule has 0 amide bonds. The molecule has 0 aromatic heterocycles. The highest BCUT2D eigenvalue weighted by Gasteiger charge is 2.30. The Morgan fingerprint density at radius 1 is 1.50 bits per heavy atom. The van der Waals surface area contributed by atoms with Crippen molar-refractivity contribution in [2.75, 3.05) is 33.4 Å². The van der Waals surface area contributed by atoms with Crippen molar-refractivity contribution < 1.29 is 9.47 Å². The lowest BCUT2D eigenvalue weighted by Gasteiger charge is -2.37. The van der Waals surface area contributed by atoms with Crippen molar-refractivity contribution in [1.82, 2.24) is 10.3 Å². The SMILES string of the molecule is CCCN1CCOC(C(NN)c2ccccc2OC)C1. The van der Waals surface area contributed by atoms with E-state index in [1.807, 2.05) is 24.3 Å². The second kappa shape index (κ2) is 7.59. The standard InChI is InChI=1S/C15H25N3O2/c1-3-8-18-9-10-20-14(11-18)15(17-16)12-6-4-5-7-13(12)19-2/h4-7,14-15,17H,3,8-11,16H2,1-2H3. The van der Waals surface area contributed by atoms with Crippen LogP contribution in [0.4, 0.5) is 0 Å². The van der Waals surface area contributed by atoms with Crippen LogP contribution in [-0.2, 0) is 4.74 Å². The molecule has 0 aliphatic carbocycles. The first-order chi connectivity index (χ1) is 9.80. The molecule has 1 aromatic carbocycles. The molecule has 0 bridgehead atoms. The minimum absolute atomic E-state index is 0.0385. The summed E-state index contributed by atoms with van der Waals surface area (Å²) in [5, 5.41) is 0. The van der Waals surface area contributed by atoms with Crippen LogP contribution >= 0.6 is 0 Å². The molecule has 0 spiro atoms. The lowest BCUT2D eigenvalue weighted by molar-refractivity contribution is -0.0474. The second-order valence-electron chi connectivity index (χ2n) is 5.10. The molecule has 1 aromatic rings. The van der Waals surface area contributed by atoms with Crippen molar-refractivity contribution in [3.05, 3.63) is 29.8 Å². The summed E-state index contributed by atoms with van der Waals surface area (Å²) in [4.78, 5) is 2.42. The summed E-state index contributed by atoms with van der Waals surface area (Å²) >= 11 is 0. The molecular formula is C15H25N3O2. The number of para-hydroxylation sites is 1. The summed E-state index contributed by atoms with van der Waals surface area (Å²) in [7, 11) is 1.68. The van der Waals surface area contributed by atoms with Gasteiger partial charge < -0.3 is 9.47 Å². The van der Waals surface area contributed by atoms with Crippen LogP contribution in [0.15, 0.2) is 24.3 Å². The van der Waals surface area contributed by atoms with Crippen LogP contribution in [0.5, 0.6) is 5.75 Å². The third kappa shape index (κ3) is 3.49. The van der Waals surface area contributed by atoms with E-state index in [4.69, 9.17) is 15.3 Å². The number of hydrazine groups is 1. The van der Waals surface area contributed by atoms with Crippen LogP contribution in [0, 0.1) is 0 Å². The van der Waals surface area contributed by atoms with Crippen molar-refractivity contribution in [3.8, 4) is 5.75 Å². The third-order valence-corrected chi connectivity index (χ3v) is 3.74. The van der Waals surface area contributed by atoms with Gasteiger partial charge in [-0.3, -0.25) is 16.2 Å². The highest BCUT2D eigenvalue weighted by atomic mass is 16.5. The number of benzene rings is 1. The first-order valence-corrected chi connectivity index (χ1v) is 7.23. The number of nitrogens with two attached hydrogens (primary N) is 1. The summed E-state index contributed by atoms with van der Waals surface area (Å²) in [6.07, 6.45) is 1.19. The van der Waals surface area contributed by atoms with Gasteiger partial charge >= 0.3 is 0 Å². The zero-order chi connectivity index (χ0) is 14.4. The van der Waals surface area contributed by atoms with Gasteiger partial charge in [-0.05, 0) is 19.0 Å². The van der Waals surface area contributed by atoms with E-state index in [9.17, 15) is 0 Å². The summed E-state index contributed by atoms with van der Waals surface area (Å²) in [5.74, 6) is 6.61. The number of ether oxygens (including phenoxy) is 2. The van der Waals surface area contributed by atoms with Crippen molar-refractivity contribution in [1.29, 1.82) is 0 Å². The van der Waals surface area contributed by atoms with Crippen LogP contribution in [0.2, 0.25) is 0 Å². The van der Waals surface area contributed by atoms with E-state index in [2.05, 4.69) is 17.2 Å². The maximum Gasteiger partial charge on any atom is 0.123 e. The fourth-order valence-electron chi connectivity index (χ4n) is 2.77. The molecular weight excluding hydrogens is 254 g/mol. The molecule has 5 heteroatoms. The lowest BCUT2D eigenvalue weighted by atomic mass is 9.99. The number of nitrogens with zero attached hydrogens (tertiary/aromatic N) is 1.